The molecule has 0 aliphatic carbocycles. The van der Waals surface area contributed by atoms with Crippen molar-refractivity contribution in [1.29, 1.82) is 0 Å². The normalized spacial score (nSPS) is 11.2. The Morgan fingerprint density at radius 3 is 2.78 bits per heavy atom. The van der Waals surface area contributed by atoms with E-state index >= 15 is 0 Å². The number of nitrogens with zero attached hydrogens (tertiary/aromatic N) is 1. The Hall–Kier alpha value is -1.35. The van der Waals surface area contributed by atoms with Crippen LogP contribution in [0, 0.1) is 0 Å². The van der Waals surface area contributed by atoms with Crippen LogP contribution in [0.1, 0.15) is 17.3 Å². The molecule has 0 amide bonds. The minimum absolute atomic E-state index is 0.0347. The standard InChI is InChI=1S/C9H15N3O4S2/c1-3-16-9(13)6-7(10)12-17-8(6)11-4-5-18(2,14)15/h11H,3-5H2,1-2H3,(H2,10,12). The fraction of sp³-hybridized carbons (Fsp3) is 0.556. The molecule has 0 saturated carbocycles. The average molecular weight is 293 g/mol. The summed E-state index contributed by atoms with van der Waals surface area (Å²) in [4.78, 5) is 11.6. The lowest BCUT2D eigenvalue weighted by Gasteiger charge is -2.05. The van der Waals surface area contributed by atoms with Gasteiger partial charge in [0.2, 0.25) is 0 Å². The zero-order chi connectivity index (χ0) is 13.8. The second-order valence-electron chi connectivity index (χ2n) is 3.55. The third kappa shape index (κ3) is 4.15. The number of aromatic nitrogens is 1. The molecule has 0 saturated heterocycles. The first-order valence-electron chi connectivity index (χ1n) is 5.19. The number of carbonyl (C=O) groups excluding carboxylic acids is 1. The lowest BCUT2D eigenvalue weighted by molar-refractivity contribution is 0.0529. The highest BCUT2D eigenvalue weighted by Crippen LogP contribution is 2.27. The van der Waals surface area contributed by atoms with Crippen LogP contribution in [-0.2, 0) is 14.6 Å². The maximum atomic E-state index is 11.6. The molecule has 1 aromatic heterocycles. The third-order valence-corrected chi connectivity index (χ3v) is 3.72. The van der Waals surface area contributed by atoms with Gasteiger partial charge in [0.1, 0.15) is 20.4 Å². The second-order valence-corrected chi connectivity index (χ2v) is 6.58. The van der Waals surface area contributed by atoms with Gasteiger partial charge >= 0.3 is 5.97 Å². The fourth-order valence-electron chi connectivity index (χ4n) is 1.17. The van der Waals surface area contributed by atoms with Crippen LogP contribution in [0.4, 0.5) is 10.8 Å². The summed E-state index contributed by atoms with van der Waals surface area (Å²) in [5, 5.41) is 3.25. The molecular weight excluding hydrogens is 278 g/mol. The number of ether oxygens (including phenoxy) is 1. The van der Waals surface area contributed by atoms with E-state index in [9.17, 15) is 13.2 Å². The number of hydrogen-bond acceptors (Lipinski definition) is 8. The van der Waals surface area contributed by atoms with Crippen molar-refractivity contribution in [2.24, 2.45) is 0 Å². The van der Waals surface area contributed by atoms with Crippen molar-refractivity contribution in [2.75, 3.05) is 36.2 Å². The zero-order valence-corrected chi connectivity index (χ0v) is 11.7. The monoisotopic (exact) mass is 293 g/mol. The molecule has 0 atom stereocenters. The summed E-state index contributed by atoms with van der Waals surface area (Å²) in [7, 11) is -3.06. The lowest BCUT2D eigenvalue weighted by Crippen LogP contribution is -2.16. The minimum Gasteiger partial charge on any atom is -0.462 e. The summed E-state index contributed by atoms with van der Waals surface area (Å²) >= 11 is 0.999. The fourth-order valence-corrected chi connectivity index (χ4v) is 2.37. The van der Waals surface area contributed by atoms with E-state index in [4.69, 9.17) is 10.5 Å². The quantitative estimate of drug-likeness (QED) is 0.728. The highest BCUT2D eigenvalue weighted by molar-refractivity contribution is 7.90. The SMILES string of the molecule is CCOC(=O)c1c(N)nsc1NCCS(C)(=O)=O. The largest absolute Gasteiger partial charge is 0.462 e. The van der Waals surface area contributed by atoms with Crippen molar-refractivity contribution in [1.82, 2.24) is 4.37 Å². The number of anilines is 2. The zero-order valence-electron chi connectivity index (χ0n) is 10.1. The smallest absolute Gasteiger partial charge is 0.344 e. The van der Waals surface area contributed by atoms with E-state index in [-0.39, 0.29) is 30.3 Å². The molecule has 1 aromatic rings. The topological polar surface area (TPSA) is 111 Å². The van der Waals surface area contributed by atoms with Gasteiger partial charge in [0.15, 0.2) is 5.82 Å². The highest BCUT2D eigenvalue weighted by atomic mass is 32.2. The molecule has 102 valence electrons. The van der Waals surface area contributed by atoms with Crippen molar-refractivity contribution in [3.05, 3.63) is 5.56 Å². The van der Waals surface area contributed by atoms with E-state index in [1.54, 1.807) is 6.92 Å². The number of nitrogens with one attached hydrogen (secondary N) is 1. The Bertz CT molecular complexity index is 524. The van der Waals surface area contributed by atoms with Crippen molar-refractivity contribution < 1.29 is 17.9 Å². The maximum Gasteiger partial charge on any atom is 0.344 e. The molecular formula is C9H15N3O4S2. The lowest BCUT2D eigenvalue weighted by atomic mass is 10.3. The molecule has 0 aromatic carbocycles. The van der Waals surface area contributed by atoms with Gasteiger partial charge in [-0.2, -0.15) is 4.37 Å². The number of esters is 1. The van der Waals surface area contributed by atoms with E-state index in [1.807, 2.05) is 0 Å². The first-order valence-corrected chi connectivity index (χ1v) is 8.02. The summed E-state index contributed by atoms with van der Waals surface area (Å²) in [6.45, 7) is 2.11. The number of carbonyl (C=O) groups is 1. The highest BCUT2D eigenvalue weighted by Gasteiger charge is 2.20. The third-order valence-electron chi connectivity index (χ3n) is 1.96. The number of rotatable bonds is 6. The predicted molar refractivity (Wildman–Crippen MR) is 70.7 cm³/mol. The van der Waals surface area contributed by atoms with Gasteiger partial charge < -0.3 is 15.8 Å². The first kappa shape index (κ1) is 14.7. The van der Waals surface area contributed by atoms with E-state index in [0.717, 1.165) is 17.8 Å². The average Bonchev–Trinajstić information content (AvgIpc) is 2.58. The molecule has 0 spiro atoms. The molecule has 0 radical (unpaired) electrons. The number of nitrogen functional groups attached to an aromatic ring is 1. The van der Waals surface area contributed by atoms with E-state index in [2.05, 4.69) is 9.69 Å². The molecule has 18 heavy (non-hydrogen) atoms. The molecule has 0 fully saturated rings. The Labute approximate surface area is 109 Å². The maximum absolute atomic E-state index is 11.6. The summed E-state index contributed by atoms with van der Waals surface area (Å²) in [5.41, 5.74) is 5.73. The number of hydrogen-bond donors (Lipinski definition) is 2. The van der Waals surface area contributed by atoms with Gasteiger partial charge in [-0.05, 0) is 18.5 Å². The molecule has 1 heterocycles. The van der Waals surface area contributed by atoms with Crippen LogP contribution >= 0.6 is 11.5 Å². The van der Waals surface area contributed by atoms with Gasteiger partial charge in [-0.1, -0.05) is 0 Å². The number of sulfone groups is 1. The van der Waals surface area contributed by atoms with Gasteiger partial charge in [0, 0.05) is 12.8 Å². The first-order chi connectivity index (χ1) is 8.35. The van der Waals surface area contributed by atoms with Crippen molar-refractivity contribution in [3.63, 3.8) is 0 Å². The molecule has 1 rings (SSSR count). The van der Waals surface area contributed by atoms with Gasteiger partial charge in [-0.15, -0.1) is 0 Å². The van der Waals surface area contributed by atoms with Gasteiger partial charge in [0.25, 0.3) is 0 Å². The Morgan fingerprint density at radius 2 is 2.22 bits per heavy atom. The van der Waals surface area contributed by atoms with E-state index in [1.165, 1.54) is 0 Å². The predicted octanol–water partition coefficient (Wildman–Crippen LogP) is 0.358. The van der Waals surface area contributed by atoms with Crippen molar-refractivity contribution in [2.45, 2.75) is 6.92 Å². The van der Waals surface area contributed by atoms with Crippen LogP contribution in [0.25, 0.3) is 0 Å². The molecule has 7 nitrogen and oxygen atoms in total. The van der Waals surface area contributed by atoms with Gasteiger partial charge in [0.05, 0.1) is 12.4 Å². The van der Waals surface area contributed by atoms with Gasteiger partial charge in [-0.25, -0.2) is 13.2 Å². The van der Waals surface area contributed by atoms with Crippen LogP contribution in [0.3, 0.4) is 0 Å². The molecule has 9 heteroatoms. The van der Waals surface area contributed by atoms with Crippen LogP contribution in [0.2, 0.25) is 0 Å². The van der Waals surface area contributed by atoms with Crippen LogP contribution < -0.4 is 11.1 Å². The van der Waals surface area contributed by atoms with E-state index < -0.39 is 15.8 Å². The van der Waals surface area contributed by atoms with Gasteiger partial charge in [-0.3, -0.25) is 0 Å². The van der Waals surface area contributed by atoms with Crippen molar-refractivity contribution >= 4 is 38.2 Å². The minimum atomic E-state index is -3.06. The second kappa shape index (κ2) is 6.01. The summed E-state index contributed by atoms with van der Waals surface area (Å²) in [5.74, 6) is -0.515. The molecule has 3 N–H and O–H groups in total. The van der Waals surface area contributed by atoms with Crippen LogP contribution in [-0.4, -0.2) is 43.9 Å². The Balaban J connectivity index is 2.75. The molecule has 0 unspecified atom stereocenters. The number of nitrogens with two attached hydrogens (primary N) is 1. The molecule has 0 aliphatic rings. The van der Waals surface area contributed by atoms with Crippen LogP contribution in [0.5, 0.6) is 0 Å². The summed E-state index contributed by atoms with van der Waals surface area (Å²) in [6.07, 6.45) is 1.14. The van der Waals surface area contributed by atoms with E-state index in [0.29, 0.717) is 5.00 Å². The summed E-state index contributed by atoms with van der Waals surface area (Å²) in [6, 6.07) is 0. The molecule has 0 bridgehead atoms. The molecule has 0 aliphatic heterocycles. The summed E-state index contributed by atoms with van der Waals surface area (Å²) < 4.78 is 30.6. The van der Waals surface area contributed by atoms with Crippen LogP contribution in [0.15, 0.2) is 0 Å². The Kier molecular flexibility index (Phi) is 4.91. The van der Waals surface area contributed by atoms with Crippen molar-refractivity contribution in [3.8, 4) is 0 Å². The Morgan fingerprint density at radius 1 is 1.56 bits per heavy atom.